The highest BCUT2D eigenvalue weighted by Crippen LogP contribution is 2.51. The summed E-state index contributed by atoms with van der Waals surface area (Å²) in [5.74, 6) is -0.738. The third-order valence-electron chi connectivity index (χ3n) is 3.29. The molecule has 1 aliphatic rings. The molecule has 0 atom stereocenters. The molecular weight excluding hydrogens is 206 g/mol. The summed E-state index contributed by atoms with van der Waals surface area (Å²) in [7, 11) is 0. The first-order valence-corrected chi connectivity index (χ1v) is 5.25. The maximum atomic E-state index is 10.8. The van der Waals surface area contributed by atoms with Crippen molar-refractivity contribution in [3.05, 3.63) is 30.2 Å². The fourth-order valence-electron chi connectivity index (χ4n) is 2.20. The van der Waals surface area contributed by atoms with Crippen molar-refractivity contribution in [2.45, 2.75) is 24.7 Å². The van der Waals surface area contributed by atoms with Gasteiger partial charge in [-0.2, -0.15) is 0 Å². The van der Waals surface area contributed by atoms with Crippen molar-refractivity contribution in [2.75, 3.05) is 0 Å². The van der Waals surface area contributed by atoms with Crippen LogP contribution < -0.4 is 0 Å². The highest BCUT2D eigenvalue weighted by atomic mass is 16.4. The summed E-state index contributed by atoms with van der Waals surface area (Å²) < 4.78 is 5.16. The number of oxazole rings is 1. The first-order chi connectivity index (χ1) is 7.70. The maximum absolute atomic E-state index is 10.8. The van der Waals surface area contributed by atoms with Crippen LogP contribution >= 0.6 is 0 Å². The number of carboxylic acids is 1. The molecule has 0 spiro atoms. The second-order valence-electron chi connectivity index (χ2n) is 4.39. The van der Waals surface area contributed by atoms with Gasteiger partial charge < -0.3 is 9.52 Å². The van der Waals surface area contributed by atoms with E-state index in [1.54, 1.807) is 0 Å². The Morgan fingerprint density at radius 3 is 3.00 bits per heavy atom. The lowest BCUT2D eigenvalue weighted by molar-refractivity contribution is -0.137. The lowest BCUT2D eigenvalue weighted by Gasteiger charge is -2.12. The van der Waals surface area contributed by atoms with Crippen molar-refractivity contribution in [1.29, 1.82) is 0 Å². The van der Waals surface area contributed by atoms with Gasteiger partial charge in [-0.05, 0) is 30.5 Å². The minimum absolute atomic E-state index is 0.154. The molecule has 0 saturated heterocycles. The first kappa shape index (κ1) is 9.39. The third kappa shape index (κ3) is 1.38. The van der Waals surface area contributed by atoms with Gasteiger partial charge in [0, 0.05) is 5.41 Å². The molecule has 1 N–H and O–H groups in total. The average Bonchev–Trinajstić information content (AvgIpc) is 2.87. The van der Waals surface area contributed by atoms with E-state index in [2.05, 4.69) is 4.98 Å². The highest BCUT2D eigenvalue weighted by molar-refractivity contribution is 5.75. The molecule has 4 nitrogen and oxygen atoms in total. The van der Waals surface area contributed by atoms with E-state index in [0.29, 0.717) is 0 Å². The largest absolute Gasteiger partial charge is 0.481 e. The standard InChI is InChI=1S/C12H11NO3/c14-11(15)6-12(3-4-12)8-1-2-10-9(5-8)13-7-16-10/h1-2,5,7H,3-4,6H2,(H,14,15). The summed E-state index contributed by atoms with van der Waals surface area (Å²) in [4.78, 5) is 14.9. The lowest BCUT2D eigenvalue weighted by Crippen LogP contribution is -2.12. The van der Waals surface area contributed by atoms with Gasteiger partial charge in [-0.3, -0.25) is 4.79 Å². The molecule has 16 heavy (non-hydrogen) atoms. The zero-order valence-electron chi connectivity index (χ0n) is 8.64. The molecular formula is C12H11NO3. The zero-order chi connectivity index (χ0) is 11.2. The van der Waals surface area contributed by atoms with Gasteiger partial charge in [0.1, 0.15) is 5.52 Å². The fourth-order valence-corrected chi connectivity index (χ4v) is 2.20. The lowest BCUT2D eigenvalue weighted by atomic mass is 9.92. The molecule has 1 aromatic heterocycles. The quantitative estimate of drug-likeness (QED) is 0.857. The number of aliphatic carboxylic acids is 1. The Morgan fingerprint density at radius 2 is 2.31 bits per heavy atom. The molecule has 1 saturated carbocycles. The Bertz CT molecular complexity index is 554. The van der Waals surface area contributed by atoms with Crippen molar-refractivity contribution < 1.29 is 14.3 Å². The molecule has 0 unspecified atom stereocenters. The molecule has 3 rings (SSSR count). The number of fused-ring (bicyclic) bond motifs is 1. The molecule has 0 aliphatic heterocycles. The maximum Gasteiger partial charge on any atom is 0.304 e. The second kappa shape index (κ2) is 3.07. The zero-order valence-corrected chi connectivity index (χ0v) is 8.64. The van der Waals surface area contributed by atoms with Gasteiger partial charge in [-0.1, -0.05) is 6.07 Å². The Hall–Kier alpha value is -1.84. The van der Waals surface area contributed by atoms with E-state index in [1.165, 1.54) is 6.39 Å². The van der Waals surface area contributed by atoms with Crippen molar-refractivity contribution in [2.24, 2.45) is 0 Å². The van der Waals surface area contributed by atoms with Crippen molar-refractivity contribution in [1.82, 2.24) is 4.98 Å². The van der Waals surface area contributed by atoms with Crippen LogP contribution in [0.5, 0.6) is 0 Å². The smallest absolute Gasteiger partial charge is 0.304 e. The number of nitrogens with zero attached hydrogens (tertiary/aromatic N) is 1. The van der Waals surface area contributed by atoms with E-state index in [0.717, 1.165) is 29.5 Å². The van der Waals surface area contributed by atoms with E-state index in [-0.39, 0.29) is 11.8 Å². The monoisotopic (exact) mass is 217 g/mol. The first-order valence-electron chi connectivity index (χ1n) is 5.25. The topological polar surface area (TPSA) is 63.3 Å². The summed E-state index contributed by atoms with van der Waals surface area (Å²) >= 11 is 0. The third-order valence-corrected chi connectivity index (χ3v) is 3.29. The van der Waals surface area contributed by atoms with E-state index in [1.807, 2.05) is 18.2 Å². The minimum Gasteiger partial charge on any atom is -0.481 e. The molecule has 82 valence electrons. The van der Waals surface area contributed by atoms with Crippen LogP contribution in [0.2, 0.25) is 0 Å². The van der Waals surface area contributed by atoms with Crippen LogP contribution in [0.4, 0.5) is 0 Å². The van der Waals surface area contributed by atoms with Crippen LogP contribution in [0, 0.1) is 0 Å². The number of hydrogen-bond donors (Lipinski definition) is 1. The highest BCUT2D eigenvalue weighted by Gasteiger charge is 2.46. The molecule has 0 radical (unpaired) electrons. The van der Waals surface area contributed by atoms with Gasteiger partial charge in [0.15, 0.2) is 12.0 Å². The van der Waals surface area contributed by atoms with E-state index >= 15 is 0 Å². The Kier molecular flexibility index (Phi) is 1.80. The number of carboxylic acid groups (broad SMARTS) is 1. The number of carbonyl (C=O) groups is 1. The van der Waals surface area contributed by atoms with Crippen LogP contribution in [0.1, 0.15) is 24.8 Å². The second-order valence-corrected chi connectivity index (χ2v) is 4.39. The van der Waals surface area contributed by atoms with Gasteiger partial charge in [0.05, 0.1) is 6.42 Å². The van der Waals surface area contributed by atoms with Gasteiger partial charge in [0.25, 0.3) is 0 Å². The molecule has 1 fully saturated rings. The van der Waals surface area contributed by atoms with Gasteiger partial charge in [0.2, 0.25) is 0 Å². The summed E-state index contributed by atoms with van der Waals surface area (Å²) in [5, 5.41) is 8.89. The molecule has 0 amide bonds. The van der Waals surface area contributed by atoms with Gasteiger partial charge >= 0.3 is 5.97 Å². The number of aromatic nitrogens is 1. The van der Waals surface area contributed by atoms with Crippen LogP contribution in [-0.2, 0) is 10.2 Å². The summed E-state index contributed by atoms with van der Waals surface area (Å²) in [6.07, 6.45) is 3.51. The summed E-state index contributed by atoms with van der Waals surface area (Å²) in [5.41, 5.74) is 2.46. The SMILES string of the molecule is O=C(O)CC1(c2ccc3ocnc3c2)CC1. The van der Waals surface area contributed by atoms with E-state index < -0.39 is 5.97 Å². The van der Waals surface area contributed by atoms with Crippen LogP contribution in [0.25, 0.3) is 11.1 Å². The summed E-state index contributed by atoms with van der Waals surface area (Å²) in [6, 6.07) is 5.75. The molecule has 2 aromatic rings. The van der Waals surface area contributed by atoms with Crippen molar-refractivity contribution in [3.63, 3.8) is 0 Å². The number of benzene rings is 1. The van der Waals surface area contributed by atoms with Crippen LogP contribution in [0.15, 0.2) is 29.0 Å². The average molecular weight is 217 g/mol. The van der Waals surface area contributed by atoms with E-state index in [9.17, 15) is 4.79 Å². The van der Waals surface area contributed by atoms with E-state index in [4.69, 9.17) is 9.52 Å². The van der Waals surface area contributed by atoms with Crippen LogP contribution in [0.3, 0.4) is 0 Å². The Balaban J connectivity index is 2.02. The minimum atomic E-state index is -0.738. The molecule has 1 aliphatic carbocycles. The number of rotatable bonds is 3. The fraction of sp³-hybridized carbons (Fsp3) is 0.333. The summed E-state index contributed by atoms with van der Waals surface area (Å²) in [6.45, 7) is 0. The molecule has 0 bridgehead atoms. The van der Waals surface area contributed by atoms with Crippen molar-refractivity contribution in [3.8, 4) is 0 Å². The molecule has 4 heteroatoms. The Morgan fingerprint density at radius 1 is 1.50 bits per heavy atom. The predicted octanol–water partition coefficient (Wildman–Crippen LogP) is 2.33. The van der Waals surface area contributed by atoms with Gasteiger partial charge in [-0.15, -0.1) is 0 Å². The molecule has 1 aromatic carbocycles. The Labute approximate surface area is 91.9 Å². The van der Waals surface area contributed by atoms with Gasteiger partial charge in [-0.25, -0.2) is 4.98 Å². The number of hydrogen-bond acceptors (Lipinski definition) is 3. The van der Waals surface area contributed by atoms with Crippen LogP contribution in [-0.4, -0.2) is 16.1 Å². The normalized spacial score (nSPS) is 17.5. The molecule has 1 heterocycles. The predicted molar refractivity (Wildman–Crippen MR) is 57.2 cm³/mol. The van der Waals surface area contributed by atoms with Crippen molar-refractivity contribution >= 4 is 17.1 Å².